The molecule has 0 aromatic heterocycles. The smallest absolute Gasteiger partial charge is 0.303 e. The van der Waals surface area contributed by atoms with E-state index in [1.54, 1.807) is 23.9 Å². The van der Waals surface area contributed by atoms with E-state index in [1.807, 2.05) is 23.6 Å². The molecule has 0 saturated heterocycles. The molecule has 2 aliphatic rings. The number of carboxylic acids is 1. The van der Waals surface area contributed by atoms with Crippen LogP contribution in [0.1, 0.15) is 32.1 Å². The lowest BCUT2D eigenvalue weighted by molar-refractivity contribution is -0.137. The predicted molar refractivity (Wildman–Crippen MR) is 105 cm³/mol. The minimum absolute atomic E-state index is 0.0379. The number of aliphatic hydroxyl groups is 3. The Morgan fingerprint density at radius 3 is 2.81 bits per heavy atom. The Bertz CT molecular complexity index is 547. The SMILES string of the molecule is O=C(O)CCC/C=C\C[C@@H]1[C@@H](/C=C/[C@H](O)CO[C@@H]2C=CSC2)[C@H](O)C[C@@H]1O. The number of unbranched alkanes of at least 4 members (excludes halogenated alkanes) is 1. The summed E-state index contributed by atoms with van der Waals surface area (Å²) in [6.07, 6.45) is 9.68. The summed E-state index contributed by atoms with van der Waals surface area (Å²) in [5, 5.41) is 41.1. The average Bonchev–Trinajstić information content (AvgIpc) is 3.22. The molecule has 0 radical (unpaired) electrons. The van der Waals surface area contributed by atoms with Crippen molar-refractivity contribution in [3.8, 4) is 0 Å². The van der Waals surface area contributed by atoms with E-state index in [4.69, 9.17) is 9.84 Å². The van der Waals surface area contributed by atoms with Crippen LogP contribution in [-0.2, 0) is 9.53 Å². The maximum Gasteiger partial charge on any atom is 0.303 e. The Morgan fingerprint density at radius 2 is 2.11 bits per heavy atom. The Kier molecular flexibility index (Phi) is 9.58. The van der Waals surface area contributed by atoms with Gasteiger partial charge in [-0.1, -0.05) is 24.3 Å². The van der Waals surface area contributed by atoms with Gasteiger partial charge in [0.05, 0.1) is 31.0 Å². The van der Waals surface area contributed by atoms with Gasteiger partial charge in [-0.15, -0.1) is 11.8 Å². The van der Waals surface area contributed by atoms with Crippen molar-refractivity contribution in [3.63, 3.8) is 0 Å². The summed E-state index contributed by atoms with van der Waals surface area (Å²) < 4.78 is 5.60. The second kappa shape index (κ2) is 11.7. The maximum atomic E-state index is 10.5. The first kappa shape index (κ1) is 22.2. The molecule has 0 amide bonds. The van der Waals surface area contributed by atoms with E-state index in [9.17, 15) is 20.1 Å². The third kappa shape index (κ3) is 7.79. The normalized spacial score (nSPS) is 32.0. The van der Waals surface area contributed by atoms with Gasteiger partial charge in [0, 0.05) is 24.5 Å². The number of aliphatic carboxylic acids is 1. The second-order valence-electron chi connectivity index (χ2n) is 7.09. The summed E-state index contributed by atoms with van der Waals surface area (Å²) >= 11 is 1.68. The van der Waals surface area contributed by atoms with E-state index in [1.165, 1.54) is 0 Å². The lowest BCUT2D eigenvalue weighted by atomic mass is 9.89. The maximum absolute atomic E-state index is 10.5. The summed E-state index contributed by atoms with van der Waals surface area (Å²) in [5.41, 5.74) is 0. The van der Waals surface area contributed by atoms with Gasteiger partial charge in [-0.3, -0.25) is 4.79 Å². The lowest BCUT2D eigenvalue weighted by Gasteiger charge is -2.20. The highest BCUT2D eigenvalue weighted by molar-refractivity contribution is 8.02. The summed E-state index contributed by atoms with van der Waals surface area (Å²) in [6.45, 7) is 0.200. The first-order valence-corrected chi connectivity index (χ1v) is 10.5. The van der Waals surface area contributed by atoms with Crippen molar-refractivity contribution in [3.05, 3.63) is 35.8 Å². The lowest BCUT2D eigenvalue weighted by Crippen LogP contribution is -2.22. The van der Waals surface area contributed by atoms with Crippen molar-refractivity contribution in [1.82, 2.24) is 0 Å². The monoisotopic (exact) mass is 398 g/mol. The largest absolute Gasteiger partial charge is 0.481 e. The van der Waals surface area contributed by atoms with Crippen molar-refractivity contribution in [2.45, 2.75) is 56.5 Å². The topological polar surface area (TPSA) is 107 Å². The molecule has 0 aromatic rings. The number of allylic oxidation sites excluding steroid dienone is 2. The Morgan fingerprint density at radius 1 is 1.30 bits per heavy atom. The molecule has 0 aromatic carbocycles. The van der Waals surface area contributed by atoms with Gasteiger partial charge in [-0.2, -0.15) is 0 Å². The molecule has 1 aliphatic heterocycles. The van der Waals surface area contributed by atoms with Crippen LogP contribution in [0.3, 0.4) is 0 Å². The highest BCUT2D eigenvalue weighted by atomic mass is 32.2. The number of carbonyl (C=O) groups is 1. The molecular formula is C20H30O6S. The van der Waals surface area contributed by atoms with Crippen LogP contribution in [0.5, 0.6) is 0 Å². The molecule has 0 unspecified atom stereocenters. The van der Waals surface area contributed by atoms with Crippen molar-refractivity contribution < 1.29 is 30.0 Å². The first-order chi connectivity index (χ1) is 13.0. The quantitative estimate of drug-likeness (QED) is 0.312. The van der Waals surface area contributed by atoms with Gasteiger partial charge >= 0.3 is 5.97 Å². The van der Waals surface area contributed by atoms with E-state index in [-0.39, 0.29) is 31.0 Å². The van der Waals surface area contributed by atoms with Gasteiger partial charge in [0.25, 0.3) is 0 Å². The molecule has 1 aliphatic carbocycles. The number of hydrogen-bond donors (Lipinski definition) is 4. The summed E-state index contributed by atoms with van der Waals surface area (Å²) in [4.78, 5) is 10.5. The molecule has 6 atom stereocenters. The summed E-state index contributed by atoms with van der Waals surface area (Å²) in [6, 6.07) is 0. The standard InChI is InChI=1S/C20H30O6S/c21-14(12-26-15-9-10-27-13-15)7-8-17-16(18(22)11-19(17)23)5-3-1-2-4-6-20(24)25/h1,3,7-10,14-19,21-23H,2,4-6,11-13H2,(H,24,25)/b3-1-,8-7+/t14-,15+,16+,17+,18-,19+/m0/s1. The van der Waals surface area contributed by atoms with Crippen LogP contribution in [0.25, 0.3) is 0 Å². The number of aliphatic hydroxyl groups excluding tert-OH is 3. The Hall–Kier alpha value is -1.12. The first-order valence-electron chi connectivity index (χ1n) is 9.46. The minimum Gasteiger partial charge on any atom is -0.481 e. The van der Waals surface area contributed by atoms with Crippen molar-refractivity contribution in [2.75, 3.05) is 12.4 Å². The number of ether oxygens (including phenoxy) is 1. The molecule has 1 fully saturated rings. The molecule has 27 heavy (non-hydrogen) atoms. The van der Waals surface area contributed by atoms with Gasteiger partial charge in [0.2, 0.25) is 0 Å². The predicted octanol–water partition coefficient (Wildman–Crippen LogP) is 2.11. The Balaban J connectivity index is 1.78. The third-order valence-corrected chi connectivity index (χ3v) is 5.81. The van der Waals surface area contributed by atoms with Crippen LogP contribution in [0.4, 0.5) is 0 Å². The highest BCUT2D eigenvalue weighted by Crippen LogP contribution is 2.36. The molecule has 1 saturated carbocycles. The molecule has 1 heterocycles. The van der Waals surface area contributed by atoms with E-state index in [2.05, 4.69) is 0 Å². The molecule has 0 bridgehead atoms. The zero-order chi connectivity index (χ0) is 19.6. The fraction of sp³-hybridized carbons (Fsp3) is 0.650. The number of carboxylic acid groups (broad SMARTS) is 1. The molecule has 2 rings (SSSR count). The van der Waals surface area contributed by atoms with Crippen LogP contribution < -0.4 is 0 Å². The van der Waals surface area contributed by atoms with Gasteiger partial charge < -0.3 is 25.2 Å². The molecule has 152 valence electrons. The van der Waals surface area contributed by atoms with E-state index in [0.29, 0.717) is 25.7 Å². The number of thioether (sulfide) groups is 1. The van der Waals surface area contributed by atoms with Crippen LogP contribution in [0.2, 0.25) is 0 Å². The average molecular weight is 399 g/mol. The Labute approximate surface area is 164 Å². The highest BCUT2D eigenvalue weighted by Gasteiger charge is 2.39. The van der Waals surface area contributed by atoms with Gasteiger partial charge in [-0.25, -0.2) is 0 Å². The second-order valence-corrected chi connectivity index (χ2v) is 8.03. The van der Waals surface area contributed by atoms with Crippen LogP contribution in [0.15, 0.2) is 35.8 Å². The number of hydrogen-bond acceptors (Lipinski definition) is 6. The van der Waals surface area contributed by atoms with Gasteiger partial charge in [0.1, 0.15) is 0 Å². The molecule has 7 heteroatoms. The summed E-state index contributed by atoms with van der Waals surface area (Å²) in [7, 11) is 0. The van der Waals surface area contributed by atoms with Crippen molar-refractivity contribution in [2.24, 2.45) is 11.8 Å². The van der Waals surface area contributed by atoms with E-state index < -0.39 is 24.3 Å². The van der Waals surface area contributed by atoms with Crippen LogP contribution in [0, 0.1) is 11.8 Å². The zero-order valence-electron chi connectivity index (χ0n) is 15.4. The molecular weight excluding hydrogens is 368 g/mol. The van der Waals surface area contributed by atoms with E-state index in [0.717, 1.165) is 5.75 Å². The van der Waals surface area contributed by atoms with Crippen molar-refractivity contribution in [1.29, 1.82) is 0 Å². The zero-order valence-corrected chi connectivity index (χ0v) is 16.2. The van der Waals surface area contributed by atoms with Crippen LogP contribution in [-0.4, -0.2) is 63.2 Å². The fourth-order valence-electron chi connectivity index (χ4n) is 3.44. The van der Waals surface area contributed by atoms with E-state index >= 15 is 0 Å². The minimum atomic E-state index is -0.798. The van der Waals surface area contributed by atoms with Gasteiger partial charge in [0.15, 0.2) is 0 Å². The fourth-order valence-corrected chi connectivity index (χ4v) is 4.23. The summed E-state index contributed by atoms with van der Waals surface area (Å²) in [5.74, 6) is -0.270. The third-order valence-electron chi connectivity index (χ3n) is 4.94. The molecule has 4 N–H and O–H groups in total. The number of rotatable bonds is 11. The molecule has 6 nitrogen and oxygen atoms in total. The van der Waals surface area contributed by atoms with Crippen molar-refractivity contribution >= 4 is 17.7 Å². The van der Waals surface area contributed by atoms with Gasteiger partial charge in [-0.05, 0) is 36.7 Å². The van der Waals surface area contributed by atoms with Crippen LogP contribution >= 0.6 is 11.8 Å². The molecule has 0 spiro atoms.